The van der Waals surface area contributed by atoms with Crippen LogP contribution in [0, 0.1) is 0 Å². The van der Waals surface area contributed by atoms with Crippen molar-refractivity contribution in [3.63, 3.8) is 0 Å². The predicted molar refractivity (Wildman–Crippen MR) is 64.5 cm³/mol. The van der Waals surface area contributed by atoms with Gasteiger partial charge >= 0.3 is 0 Å². The van der Waals surface area contributed by atoms with E-state index >= 15 is 0 Å². The van der Waals surface area contributed by atoms with Crippen LogP contribution in [0.2, 0.25) is 5.02 Å². The number of H-pyrrole nitrogens is 1. The Morgan fingerprint density at radius 1 is 1.53 bits per heavy atom. The largest absolute Gasteiger partial charge is 0.497 e. The Kier molecular flexibility index (Phi) is 3.30. The van der Waals surface area contributed by atoms with E-state index in [1.807, 2.05) is 0 Å². The van der Waals surface area contributed by atoms with Crippen LogP contribution in [0.1, 0.15) is 10.5 Å². The quantitative estimate of drug-likeness (QED) is 0.880. The van der Waals surface area contributed by atoms with Gasteiger partial charge in [-0.25, -0.2) is 0 Å². The highest BCUT2D eigenvalue weighted by molar-refractivity contribution is 6.34. The highest BCUT2D eigenvalue weighted by Crippen LogP contribution is 2.18. The van der Waals surface area contributed by atoms with E-state index in [9.17, 15) is 4.79 Å². The van der Waals surface area contributed by atoms with E-state index in [1.54, 1.807) is 31.4 Å². The topological polar surface area (TPSA) is 67.0 Å². The highest BCUT2D eigenvalue weighted by Gasteiger charge is 2.12. The lowest BCUT2D eigenvalue weighted by molar-refractivity contribution is 0.102. The molecule has 0 saturated heterocycles. The number of nitrogens with zero attached hydrogens (tertiary/aromatic N) is 1. The second-order valence-corrected chi connectivity index (χ2v) is 3.69. The standard InChI is InChI=1S/C11H10ClN3O2/c1-17-8-4-2-3-7(5-8)14-11(16)10-9(12)6-13-15-10/h2-6H,1H3,(H,13,15)(H,14,16). The van der Waals surface area contributed by atoms with Gasteiger partial charge in [0.05, 0.1) is 18.3 Å². The summed E-state index contributed by atoms with van der Waals surface area (Å²) in [4.78, 5) is 11.8. The molecule has 88 valence electrons. The van der Waals surface area contributed by atoms with Gasteiger partial charge in [-0.05, 0) is 12.1 Å². The van der Waals surface area contributed by atoms with E-state index in [-0.39, 0.29) is 16.6 Å². The molecule has 1 heterocycles. The van der Waals surface area contributed by atoms with Crippen LogP contribution in [0.5, 0.6) is 5.75 Å². The van der Waals surface area contributed by atoms with Crippen LogP contribution in [-0.2, 0) is 0 Å². The van der Waals surface area contributed by atoms with E-state index in [0.717, 1.165) is 0 Å². The number of halogens is 1. The van der Waals surface area contributed by atoms with Crippen LogP contribution >= 0.6 is 11.6 Å². The summed E-state index contributed by atoms with van der Waals surface area (Å²) < 4.78 is 5.05. The molecule has 0 bridgehead atoms. The van der Waals surface area contributed by atoms with Crippen molar-refractivity contribution in [1.29, 1.82) is 0 Å². The van der Waals surface area contributed by atoms with E-state index < -0.39 is 0 Å². The van der Waals surface area contributed by atoms with E-state index in [4.69, 9.17) is 16.3 Å². The van der Waals surface area contributed by atoms with Crippen LogP contribution in [0.3, 0.4) is 0 Å². The van der Waals surface area contributed by atoms with Crippen molar-refractivity contribution in [3.8, 4) is 5.75 Å². The van der Waals surface area contributed by atoms with Crippen LogP contribution in [0.4, 0.5) is 5.69 Å². The third kappa shape index (κ3) is 2.57. The molecule has 1 aromatic carbocycles. The van der Waals surface area contributed by atoms with Crippen molar-refractivity contribution in [2.45, 2.75) is 0 Å². The molecule has 5 nitrogen and oxygen atoms in total. The molecule has 2 aromatic rings. The first-order valence-electron chi connectivity index (χ1n) is 4.85. The van der Waals surface area contributed by atoms with Crippen molar-refractivity contribution >= 4 is 23.2 Å². The van der Waals surface area contributed by atoms with Gasteiger partial charge in [-0.1, -0.05) is 17.7 Å². The zero-order chi connectivity index (χ0) is 12.3. The second-order valence-electron chi connectivity index (χ2n) is 3.28. The number of aromatic amines is 1. The molecule has 0 fully saturated rings. The Hall–Kier alpha value is -2.01. The van der Waals surface area contributed by atoms with Crippen LogP contribution in [-0.4, -0.2) is 23.2 Å². The summed E-state index contributed by atoms with van der Waals surface area (Å²) in [6.07, 6.45) is 1.38. The van der Waals surface area contributed by atoms with E-state index in [2.05, 4.69) is 15.5 Å². The second kappa shape index (κ2) is 4.88. The van der Waals surface area contributed by atoms with E-state index in [0.29, 0.717) is 11.4 Å². The maximum absolute atomic E-state index is 11.8. The summed E-state index contributed by atoms with van der Waals surface area (Å²) in [7, 11) is 1.56. The number of benzene rings is 1. The molecular formula is C11H10ClN3O2. The van der Waals surface area contributed by atoms with Gasteiger partial charge in [0.2, 0.25) is 0 Å². The van der Waals surface area contributed by atoms with Gasteiger partial charge < -0.3 is 10.1 Å². The Balaban J connectivity index is 2.16. The number of amides is 1. The molecule has 1 amide bonds. The minimum Gasteiger partial charge on any atom is -0.497 e. The lowest BCUT2D eigenvalue weighted by Crippen LogP contribution is -2.12. The summed E-state index contributed by atoms with van der Waals surface area (Å²) in [5, 5.41) is 9.17. The Labute approximate surface area is 103 Å². The van der Waals surface area contributed by atoms with Gasteiger partial charge in [0, 0.05) is 11.8 Å². The average molecular weight is 252 g/mol. The van der Waals surface area contributed by atoms with Crippen molar-refractivity contribution in [1.82, 2.24) is 10.2 Å². The molecular weight excluding hydrogens is 242 g/mol. The molecule has 0 radical (unpaired) electrons. The SMILES string of the molecule is COc1cccc(NC(=O)c2[nH]ncc2Cl)c1. The fourth-order valence-corrected chi connectivity index (χ4v) is 1.50. The molecule has 0 unspecified atom stereocenters. The number of carbonyl (C=O) groups is 1. The maximum Gasteiger partial charge on any atom is 0.275 e. The number of anilines is 1. The molecule has 1 aromatic heterocycles. The van der Waals surface area contributed by atoms with E-state index in [1.165, 1.54) is 6.20 Å². The number of ether oxygens (including phenoxy) is 1. The summed E-state index contributed by atoms with van der Waals surface area (Å²) >= 11 is 5.78. The summed E-state index contributed by atoms with van der Waals surface area (Å²) in [6.45, 7) is 0. The van der Waals surface area contributed by atoms with Gasteiger partial charge in [0.25, 0.3) is 5.91 Å². The van der Waals surface area contributed by atoms with Crippen LogP contribution in [0.25, 0.3) is 0 Å². The first-order chi connectivity index (χ1) is 8.20. The Bertz CT molecular complexity index is 539. The lowest BCUT2D eigenvalue weighted by Gasteiger charge is -2.05. The van der Waals surface area contributed by atoms with Gasteiger partial charge in [-0.3, -0.25) is 9.89 Å². The minimum atomic E-state index is -0.347. The number of hydrogen-bond acceptors (Lipinski definition) is 3. The van der Waals surface area contributed by atoms with Crippen molar-refractivity contribution in [2.75, 3.05) is 12.4 Å². The Morgan fingerprint density at radius 2 is 2.35 bits per heavy atom. The number of nitrogens with one attached hydrogen (secondary N) is 2. The number of rotatable bonds is 3. The highest BCUT2D eigenvalue weighted by atomic mass is 35.5. The molecule has 0 aliphatic heterocycles. The molecule has 0 spiro atoms. The Morgan fingerprint density at radius 3 is 3.00 bits per heavy atom. The molecule has 0 atom stereocenters. The van der Waals surface area contributed by atoms with Crippen LogP contribution < -0.4 is 10.1 Å². The van der Waals surface area contributed by atoms with Gasteiger partial charge in [0.15, 0.2) is 0 Å². The fourth-order valence-electron chi connectivity index (χ4n) is 1.33. The normalized spacial score (nSPS) is 10.0. The monoisotopic (exact) mass is 251 g/mol. The molecule has 2 rings (SSSR count). The van der Waals surface area contributed by atoms with Crippen LogP contribution in [0.15, 0.2) is 30.5 Å². The van der Waals surface area contributed by atoms with Gasteiger partial charge in [-0.2, -0.15) is 5.10 Å². The zero-order valence-electron chi connectivity index (χ0n) is 9.03. The predicted octanol–water partition coefficient (Wildman–Crippen LogP) is 2.32. The third-order valence-corrected chi connectivity index (χ3v) is 2.43. The number of carbonyl (C=O) groups excluding carboxylic acids is 1. The van der Waals surface area contributed by atoms with Gasteiger partial charge in [-0.15, -0.1) is 0 Å². The smallest absolute Gasteiger partial charge is 0.275 e. The number of hydrogen-bond donors (Lipinski definition) is 2. The molecule has 0 saturated carbocycles. The summed E-state index contributed by atoms with van der Waals surface area (Å²) in [6, 6.07) is 7.04. The third-order valence-electron chi connectivity index (χ3n) is 2.15. The minimum absolute atomic E-state index is 0.231. The van der Waals surface area contributed by atoms with Gasteiger partial charge in [0.1, 0.15) is 11.4 Å². The first-order valence-corrected chi connectivity index (χ1v) is 5.23. The number of aromatic nitrogens is 2. The van der Waals surface area contributed by atoms with Crippen molar-refractivity contribution in [2.24, 2.45) is 0 Å². The molecule has 2 N–H and O–H groups in total. The fraction of sp³-hybridized carbons (Fsp3) is 0.0909. The zero-order valence-corrected chi connectivity index (χ0v) is 9.78. The molecule has 6 heteroatoms. The molecule has 0 aliphatic rings. The first kappa shape index (κ1) is 11.5. The molecule has 0 aliphatic carbocycles. The lowest BCUT2D eigenvalue weighted by atomic mass is 10.3. The summed E-state index contributed by atoms with van der Waals surface area (Å²) in [5.74, 6) is 0.319. The van der Waals surface area contributed by atoms with Crippen molar-refractivity contribution < 1.29 is 9.53 Å². The maximum atomic E-state index is 11.8. The number of methoxy groups -OCH3 is 1. The average Bonchev–Trinajstić information content (AvgIpc) is 2.76. The summed E-state index contributed by atoms with van der Waals surface area (Å²) in [5.41, 5.74) is 0.856. The molecule has 17 heavy (non-hydrogen) atoms. The van der Waals surface area contributed by atoms with Crippen molar-refractivity contribution in [3.05, 3.63) is 41.2 Å².